The molecule has 1 atom stereocenters. The Balaban J connectivity index is 1.76. The molecule has 1 amide bonds. The van der Waals surface area contributed by atoms with Gasteiger partial charge in [0.2, 0.25) is 5.91 Å². The summed E-state index contributed by atoms with van der Waals surface area (Å²) in [6, 6.07) is 14.6. The molecule has 1 aliphatic rings. The van der Waals surface area contributed by atoms with Gasteiger partial charge in [-0.05, 0) is 48.6 Å². The van der Waals surface area contributed by atoms with Gasteiger partial charge in [-0.15, -0.1) is 0 Å². The lowest BCUT2D eigenvalue weighted by Crippen LogP contribution is -2.32. The molecule has 22 heavy (non-hydrogen) atoms. The molecule has 2 nitrogen and oxygen atoms in total. The van der Waals surface area contributed by atoms with Crippen molar-refractivity contribution in [1.82, 2.24) is 4.90 Å². The molecule has 1 saturated heterocycles. The van der Waals surface area contributed by atoms with Gasteiger partial charge in [0.05, 0.1) is 12.5 Å². The summed E-state index contributed by atoms with van der Waals surface area (Å²) in [5, 5.41) is 0. The third-order valence-electron chi connectivity index (χ3n) is 4.39. The van der Waals surface area contributed by atoms with E-state index in [9.17, 15) is 9.18 Å². The number of carbonyl (C=O) groups excluding carboxylic acids is 1. The first-order valence-electron chi connectivity index (χ1n) is 7.74. The van der Waals surface area contributed by atoms with E-state index in [1.165, 1.54) is 23.3 Å². The standard InChI is InChI=1S/C19H20FNO/c1-14-5-2-3-6-17(14)18-7-4-12-21(18)19(22)13-15-8-10-16(20)11-9-15/h2-3,5-6,8-11,18H,4,7,12-13H2,1H3/t18-/m0/s1. The first-order chi connectivity index (χ1) is 10.6. The summed E-state index contributed by atoms with van der Waals surface area (Å²) < 4.78 is 13.0. The van der Waals surface area contributed by atoms with Crippen molar-refractivity contribution in [2.75, 3.05) is 6.54 Å². The van der Waals surface area contributed by atoms with E-state index in [-0.39, 0.29) is 17.8 Å². The van der Waals surface area contributed by atoms with Crippen LogP contribution in [0.15, 0.2) is 48.5 Å². The van der Waals surface area contributed by atoms with Crippen LogP contribution in [0, 0.1) is 12.7 Å². The molecule has 1 fully saturated rings. The van der Waals surface area contributed by atoms with E-state index in [1.54, 1.807) is 12.1 Å². The van der Waals surface area contributed by atoms with Crippen LogP contribution >= 0.6 is 0 Å². The molecule has 0 aromatic heterocycles. The molecule has 1 heterocycles. The Morgan fingerprint density at radius 1 is 1.18 bits per heavy atom. The molecular weight excluding hydrogens is 277 g/mol. The van der Waals surface area contributed by atoms with E-state index in [0.717, 1.165) is 24.9 Å². The van der Waals surface area contributed by atoms with Crippen molar-refractivity contribution in [3.8, 4) is 0 Å². The van der Waals surface area contributed by atoms with Gasteiger partial charge in [-0.3, -0.25) is 4.79 Å². The molecular formula is C19H20FNO. The first kappa shape index (κ1) is 14.8. The fourth-order valence-electron chi connectivity index (χ4n) is 3.23. The molecule has 0 radical (unpaired) electrons. The number of carbonyl (C=O) groups is 1. The Kier molecular flexibility index (Phi) is 4.23. The fraction of sp³-hybridized carbons (Fsp3) is 0.316. The molecule has 0 saturated carbocycles. The summed E-state index contributed by atoms with van der Waals surface area (Å²) in [4.78, 5) is 14.6. The average Bonchev–Trinajstić information content (AvgIpc) is 2.99. The number of halogens is 1. The van der Waals surface area contributed by atoms with E-state index in [2.05, 4.69) is 19.1 Å². The van der Waals surface area contributed by atoms with Gasteiger partial charge in [0.25, 0.3) is 0 Å². The second-order valence-electron chi connectivity index (χ2n) is 5.90. The summed E-state index contributed by atoms with van der Waals surface area (Å²) in [6.07, 6.45) is 2.39. The summed E-state index contributed by atoms with van der Waals surface area (Å²) in [6.45, 7) is 2.90. The molecule has 2 aromatic rings. The first-order valence-corrected chi connectivity index (χ1v) is 7.74. The molecule has 1 aliphatic heterocycles. The maximum Gasteiger partial charge on any atom is 0.227 e. The van der Waals surface area contributed by atoms with E-state index < -0.39 is 0 Å². The predicted octanol–water partition coefficient (Wildman–Crippen LogP) is 4.04. The lowest BCUT2D eigenvalue weighted by atomic mass is 9.99. The SMILES string of the molecule is Cc1ccccc1[C@@H]1CCCN1C(=O)Cc1ccc(F)cc1. The Morgan fingerprint density at radius 3 is 2.64 bits per heavy atom. The Hall–Kier alpha value is -2.16. The van der Waals surface area contributed by atoms with Crippen LogP contribution in [0.25, 0.3) is 0 Å². The van der Waals surface area contributed by atoms with Crippen molar-refractivity contribution in [2.24, 2.45) is 0 Å². The quantitative estimate of drug-likeness (QED) is 0.837. The number of hydrogen-bond acceptors (Lipinski definition) is 1. The van der Waals surface area contributed by atoms with Crippen LogP contribution in [0.2, 0.25) is 0 Å². The minimum atomic E-state index is -0.268. The minimum Gasteiger partial charge on any atom is -0.335 e. The smallest absolute Gasteiger partial charge is 0.227 e. The lowest BCUT2D eigenvalue weighted by Gasteiger charge is -2.26. The Morgan fingerprint density at radius 2 is 1.91 bits per heavy atom. The van der Waals surface area contributed by atoms with E-state index >= 15 is 0 Å². The maximum absolute atomic E-state index is 13.0. The van der Waals surface area contributed by atoms with Gasteiger partial charge >= 0.3 is 0 Å². The Bertz CT molecular complexity index is 665. The summed E-state index contributed by atoms with van der Waals surface area (Å²) in [5.41, 5.74) is 3.34. The van der Waals surface area contributed by atoms with Gasteiger partial charge in [-0.2, -0.15) is 0 Å². The number of hydrogen-bond donors (Lipinski definition) is 0. The minimum absolute atomic E-state index is 0.123. The highest BCUT2D eigenvalue weighted by molar-refractivity contribution is 5.79. The average molecular weight is 297 g/mol. The van der Waals surface area contributed by atoms with E-state index in [0.29, 0.717) is 6.42 Å². The van der Waals surface area contributed by atoms with Crippen molar-refractivity contribution >= 4 is 5.91 Å². The Labute approximate surface area is 130 Å². The molecule has 0 unspecified atom stereocenters. The highest BCUT2D eigenvalue weighted by atomic mass is 19.1. The van der Waals surface area contributed by atoms with Crippen molar-refractivity contribution in [1.29, 1.82) is 0 Å². The number of aryl methyl sites for hydroxylation is 1. The zero-order valence-corrected chi connectivity index (χ0v) is 12.8. The van der Waals surface area contributed by atoms with E-state index in [1.807, 2.05) is 17.0 Å². The highest BCUT2D eigenvalue weighted by Crippen LogP contribution is 2.34. The van der Waals surface area contributed by atoms with Crippen LogP contribution in [-0.4, -0.2) is 17.4 Å². The van der Waals surface area contributed by atoms with Crippen molar-refractivity contribution in [3.63, 3.8) is 0 Å². The molecule has 0 bridgehead atoms. The highest BCUT2D eigenvalue weighted by Gasteiger charge is 2.30. The van der Waals surface area contributed by atoms with Crippen molar-refractivity contribution in [3.05, 3.63) is 71.0 Å². The topological polar surface area (TPSA) is 20.3 Å². The number of rotatable bonds is 3. The zero-order chi connectivity index (χ0) is 15.5. The molecule has 0 aliphatic carbocycles. The van der Waals surface area contributed by atoms with Crippen LogP contribution in [0.3, 0.4) is 0 Å². The monoisotopic (exact) mass is 297 g/mol. The summed E-state index contributed by atoms with van der Waals surface area (Å²) in [5.74, 6) is -0.146. The van der Waals surface area contributed by atoms with Gasteiger partial charge in [-0.25, -0.2) is 4.39 Å². The second kappa shape index (κ2) is 6.30. The van der Waals surface area contributed by atoms with Crippen molar-refractivity contribution < 1.29 is 9.18 Å². The largest absolute Gasteiger partial charge is 0.335 e. The third-order valence-corrected chi connectivity index (χ3v) is 4.39. The molecule has 0 N–H and O–H groups in total. The number of nitrogens with zero attached hydrogens (tertiary/aromatic N) is 1. The maximum atomic E-state index is 13.0. The van der Waals surface area contributed by atoms with Crippen LogP contribution < -0.4 is 0 Å². The van der Waals surface area contributed by atoms with Crippen LogP contribution in [0.1, 0.15) is 35.6 Å². The van der Waals surface area contributed by atoms with Gasteiger partial charge in [-0.1, -0.05) is 36.4 Å². The van der Waals surface area contributed by atoms with Gasteiger partial charge in [0, 0.05) is 6.54 Å². The molecule has 3 heteroatoms. The predicted molar refractivity (Wildman–Crippen MR) is 85.0 cm³/mol. The van der Waals surface area contributed by atoms with Crippen LogP contribution in [0.5, 0.6) is 0 Å². The number of amides is 1. The van der Waals surface area contributed by atoms with E-state index in [4.69, 9.17) is 0 Å². The fourth-order valence-corrected chi connectivity index (χ4v) is 3.23. The molecule has 114 valence electrons. The number of benzene rings is 2. The third kappa shape index (κ3) is 3.03. The summed E-state index contributed by atoms with van der Waals surface area (Å²) in [7, 11) is 0. The van der Waals surface area contributed by atoms with Gasteiger partial charge < -0.3 is 4.90 Å². The van der Waals surface area contributed by atoms with Gasteiger partial charge in [0.1, 0.15) is 5.82 Å². The van der Waals surface area contributed by atoms with Crippen molar-refractivity contribution in [2.45, 2.75) is 32.2 Å². The molecule has 3 rings (SSSR count). The molecule has 2 aromatic carbocycles. The normalized spacial score (nSPS) is 17.7. The van der Waals surface area contributed by atoms with Crippen LogP contribution in [-0.2, 0) is 11.2 Å². The number of likely N-dealkylation sites (tertiary alicyclic amines) is 1. The lowest BCUT2D eigenvalue weighted by molar-refractivity contribution is -0.131. The summed E-state index contributed by atoms with van der Waals surface area (Å²) >= 11 is 0. The molecule has 0 spiro atoms. The van der Waals surface area contributed by atoms with Crippen LogP contribution in [0.4, 0.5) is 4.39 Å². The van der Waals surface area contributed by atoms with Gasteiger partial charge in [0.15, 0.2) is 0 Å². The zero-order valence-electron chi connectivity index (χ0n) is 12.8. The second-order valence-corrected chi connectivity index (χ2v) is 5.90.